The predicted molar refractivity (Wildman–Crippen MR) is 124 cm³/mol. The Kier molecular flexibility index (Phi) is 6.49. The molecule has 3 aromatic rings. The molecule has 5 rings (SSSR count). The summed E-state index contributed by atoms with van der Waals surface area (Å²) in [4.78, 5) is 19.1. The molecule has 0 radical (unpaired) electrons. The van der Waals surface area contributed by atoms with Crippen LogP contribution in [0.15, 0.2) is 36.5 Å². The molecule has 11 heteroatoms. The van der Waals surface area contributed by atoms with Crippen LogP contribution >= 0.6 is 0 Å². The Bertz CT molecular complexity index is 1270. The number of ether oxygens (including phenoxy) is 1. The lowest BCUT2D eigenvalue weighted by atomic mass is 10.0. The van der Waals surface area contributed by atoms with Crippen molar-refractivity contribution in [1.82, 2.24) is 30.1 Å². The summed E-state index contributed by atoms with van der Waals surface area (Å²) in [6.45, 7) is 2.37. The zero-order valence-electron chi connectivity index (χ0n) is 19.0. The number of benzene rings is 1. The predicted octanol–water partition coefficient (Wildman–Crippen LogP) is 3.02. The van der Waals surface area contributed by atoms with Gasteiger partial charge in [0, 0.05) is 25.9 Å². The molecule has 1 fully saturated rings. The summed E-state index contributed by atoms with van der Waals surface area (Å²) in [5, 5.41) is 11.5. The van der Waals surface area contributed by atoms with Crippen LogP contribution < -0.4 is 5.73 Å². The number of nitrogens with two attached hydrogens (primary N) is 1. The Morgan fingerprint density at radius 3 is 2.94 bits per heavy atom. The highest BCUT2D eigenvalue weighted by molar-refractivity contribution is 5.80. The van der Waals surface area contributed by atoms with Gasteiger partial charge in [0.2, 0.25) is 5.91 Å². The molecule has 2 aliphatic rings. The van der Waals surface area contributed by atoms with E-state index < -0.39 is 11.6 Å². The molecule has 0 spiro atoms. The van der Waals surface area contributed by atoms with E-state index in [1.165, 1.54) is 12.1 Å². The molecule has 182 valence electrons. The van der Waals surface area contributed by atoms with E-state index in [0.717, 1.165) is 54.2 Å². The summed E-state index contributed by atoms with van der Waals surface area (Å²) < 4.78 is 34.8. The number of hydrogen-bond acceptors (Lipinski definition) is 7. The number of halogens is 2. The second-order valence-corrected chi connectivity index (χ2v) is 8.68. The molecule has 1 atom stereocenters. The summed E-state index contributed by atoms with van der Waals surface area (Å²) in [6.07, 6.45) is 7.01. The van der Waals surface area contributed by atoms with Crippen molar-refractivity contribution in [3.63, 3.8) is 0 Å². The van der Waals surface area contributed by atoms with Crippen LogP contribution in [-0.4, -0.2) is 62.3 Å². The molecule has 0 saturated carbocycles. The van der Waals surface area contributed by atoms with Gasteiger partial charge in [0.25, 0.3) is 0 Å². The van der Waals surface area contributed by atoms with Gasteiger partial charge in [0.15, 0.2) is 17.5 Å². The number of rotatable bonds is 4. The largest absolute Gasteiger partial charge is 0.383 e. The molecule has 4 heterocycles. The first-order valence-electron chi connectivity index (χ1n) is 11.6. The quantitative estimate of drug-likeness (QED) is 0.610. The van der Waals surface area contributed by atoms with E-state index in [4.69, 9.17) is 10.5 Å². The molecule has 1 amide bonds. The smallest absolute Gasteiger partial charge is 0.228 e. The van der Waals surface area contributed by atoms with Crippen LogP contribution in [-0.2, 0) is 9.53 Å². The summed E-state index contributed by atoms with van der Waals surface area (Å²) >= 11 is 0. The summed E-state index contributed by atoms with van der Waals surface area (Å²) in [7, 11) is 0. The third-order valence-corrected chi connectivity index (χ3v) is 6.41. The van der Waals surface area contributed by atoms with Crippen molar-refractivity contribution in [3.05, 3.63) is 53.7 Å². The monoisotopic (exact) mass is 481 g/mol. The fraction of sp³-hybridized carbons (Fsp3) is 0.375. The lowest BCUT2D eigenvalue weighted by Crippen LogP contribution is -2.39. The van der Waals surface area contributed by atoms with Crippen molar-refractivity contribution < 1.29 is 18.3 Å². The maximum Gasteiger partial charge on any atom is 0.228 e. The second-order valence-electron chi connectivity index (χ2n) is 8.68. The fourth-order valence-corrected chi connectivity index (χ4v) is 4.53. The minimum atomic E-state index is -1.07. The lowest BCUT2D eigenvalue weighted by Gasteiger charge is -2.27. The Labute approximate surface area is 200 Å². The topological polar surface area (TPSA) is 112 Å². The van der Waals surface area contributed by atoms with Crippen LogP contribution in [0.4, 0.5) is 14.6 Å². The van der Waals surface area contributed by atoms with Crippen LogP contribution in [0.25, 0.3) is 22.6 Å². The average molecular weight is 482 g/mol. The highest BCUT2D eigenvalue weighted by Gasteiger charge is 2.27. The number of nitrogens with zero attached hydrogens (tertiary/aromatic N) is 6. The molecule has 35 heavy (non-hydrogen) atoms. The van der Waals surface area contributed by atoms with Crippen LogP contribution in [0.1, 0.15) is 31.2 Å². The molecular weight excluding hydrogens is 456 g/mol. The summed E-state index contributed by atoms with van der Waals surface area (Å²) in [5.41, 5.74) is 8.21. The normalized spacial score (nSPS) is 18.7. The summed E-state index contributed by atoms with van der Waals surface area (Å²) in [5.74, 6) is -1.72. The maximum atomic E-state index is 14.4. The molecule has 1 aromatic carbocycles. The SMILES string of the molecule is Nc1ncc(C2=CCN(C(=O)C3CCCOC3)CCC2)cc1-c1nnnn1-c1cccc(F)c1F. The molecule has 2 N–H and O–H groups in total. The minimum absolute atomic E-state index is 0.0782. The molecule has 0 bridgehead atoms. The zero-order chi connectivity index (χ0) is 24.4. The van der Waals surface area contributed by atoms with Gasteiger partial charge in [-0.25, -0.2) is 13.8 Å². The molecule has 1 saturated heterocycles. The van der Waals surface area contributed by atoms with Gasteiger partial charge < -0.3 is 15.4 Å². The van der Waals surface area contributed by atoms with Gasteiger partial charge in [-0.1, -0.05) is 12.1 Å². The first-order valence-corrected chi connectivity index (χ1v) is 11.6. The van der Waals surface area contributed by atoms with Crippen molar-refractivity contribution in [3.8, 4) is 17.1 Å². The van der Waals surface area contributed by atoms with E-state index in [0.29, 0.717) is 25.3 Å². The Morgan fingerprint density at radius 2 is 2.11 bits per heavy atom. The van der Waals surface area contributed by atoms with E-state index in [1.807, 2.05) is 11.0 Å². The van der Waals surface area contributed by atoms with E-state index in [1.54, 1.807) is 12.3 Å². The van der Waals surface area contributed by atoms with E-state index in [2.05, 4.69) is 20.5 Å². The number of carbonyl (C=O) groups is 1. The number of nitrogen functional groups attached to an aromatic ring is 1. The molecule has 2 aromatic heterocycles. The van der Waals surface area contributed by atoms with Crippen LogP contribution in [0.5, 0.6) is 0 Å². The van der Waals surface area contributed by atoms with Crippen LogP contribution in [0.2, 0.25) is 0 Å². The highest BCUT2D eigenvalue weighted by Crippen LogP contribution is 2.31. The Morgan fingerprint density at radius 1 is 1.23 bits per heavy atom. The number of amides is 1. The maximum absolute atomic E-state index is 14.4. The van der Waals surface area contributed by atoms with Crippen LogP contribution in [0.3, 0.4) is 0 Å². The third-order valence-electron chi connectivity index (χ3n) is 6.41. The molecule has 9 nitrogen and oxygen atoms in total. The zero-order valence-corrected chi connectivity index (χ0v) is 19.0. The summed E-state index contributed by atoms with van der Waals surface area (Å²) in [6, 6.07) is 5.57. The molecule has 0 aliphatic carbocycles. The van der Waals surface area contributed by atoms with Gasteiger partial charge in [-0.15, -0.1) is 5.10 Å². The second kappa shape index (κ2) is 9.87. The van der Waals surface area contributed by atoms with Crippen molar-refractivity contribution >= 4 is 17.3 Å². The van der Waals surface area contributed by atoms with Gasteiger partial charge in [-0.3, -0.25) is 4.79 Å². The molecule has 1 unspecified atom stereocenters. The number of hydrogen-bond donors (Lipinski definition) is 1. The van der Waals surface area contributed by atoms with Gasteiger partial charge in [-0.2, -0.15) is 4.68 Å². The number of tetrazole rings is 1. The fourth-order valence-electron chi connectivity index (χ4n) is 4.53. The molecular formula is C24H25F2N7O2. The van der Waals surface area contributed by atoms with Crippen molar-refractivity contribution in [2.24, 2.45) is 5.92 Å². The number of carbonyl (C=O) groups excluding carboxylic acids is 1. The van der Waals surface area contributed by atoms with Gasteiger partial charge in [-0.05, 0) is 65.4 Å². The standard InChI is InChI=1S/C24H25F2N7O2/c25-19-6-1-7-20(21(19)26)33-23(29-30-31-33)18-12-17(13-28-22(18)27)15-4-2-9-32(10-8-15)24(34)16-5-3-11-35-14-16/h1,6-8,12-13,16H,2-5,9-11,14H2,(H2,27,28). The van der Waals surface area contributed by atoms with Crippen molar-refractivity contribution in [2.75, 3.05) is 32.0 Å². The Hall–Kier alpha value is -3.73. The number of anilines is 1. The Balaban J connectivity index is 1.43. The van der Waals surface area contributed by atoms with E-state index in [-0.39, 0.29) is 29.2 Å². The van der Waals surface area contributed by atoms with Gasteiger partial charge >= 0.3 is 0 Å². The van der Waals surface area contributed by atoms with Crippen molar-refractivity contribution in [1.29, 1.82) is 0 Å². The van der Waals surface area contributed by atoms with Gasteiger partial charge in [0.05, 0.1) is 18.1 Å². The van der Waals surface area contributed by atoms with E-state index >= 15 is 0 Å². The third kappa shape index (κ3) is 4.63. The lowest BCUT2D eigenvalue weighted by molar-refractivity contribution is -0.139. The highest BCUT2D eigenvalue weighted by atomic mass is 19.2. The van der Waals surface area contributed by atoms with Crippen LogP contribution in [0, 0.1) is 17.6 Å². The average Bonchev–Trinajstić information content (AvgIpc) is 3.23. The molecule has 2 aliphatic heterocycles. The van der Waals surface area contributed by atoms with Crippen molar-refractivity contribution in [2.45, 2.75) is 25.7 Å². The minimum Gasteiger partial charge on any atom is -0.383 e. The number of pyridine rings is 1. The first kappa shape index (κ1) is 23.0. The number of aromatic nitrogens is 5. The first-order chi connectivity index (χ1) is 17.0. The number of allylic oxidation sites excluding steroid dienone is 1. The van der Waals surface area contributed by atoms with Gasteiger partial charge in [0.1, 0.15) is 11.5 Å². The van der Waals surface area contributed by atoms with E-state index in [9.17, 15) is 13.6 Å².